The fourth-order valence-electron chi connectivity index (χ4n) is 5.62. The van der Waals surface area contributed by atoms with E-state index in [1.54, 1.807) is 25.1 Å². The number of rotatable bonds is 2. The molecule has 9 nitrogen and oxygen atoms in total. The number of ketones is 1. The lowest BCUT2D eigenvalue weighted by molar-refractivity contribution is -0.384. The normalized spacial score (nSPS) is 40.7. The van der Waals surface area contributed by atoms with E-state index in [1.807, 2.05) is 6.92 Å². The molecule has 2 N–H and O–H groups in total. The van der Waals surface area contributed by atoms with E-state index in [2.05, 4.69) is 5.48 Å². The van der Waals surface area contributed by atoms with Gasteiger partial charge >= 0.3 is 5.97 Å². The monoisotopic (exact) mass is 426 g/mol. The zero-order valence-corrected chi connectivity index (χ0v) is 17.0. The number of nitro groups is 1. The molecule has 31 heavy (non-hydrogen) atoms. The lowest BCUT2D eigenvalue weighted by Crippen LogP contribution is -2.57. The number of nitrogens with one attached hydrogen (secondary N) is 1. The molecule has 4 aliphatic rings. The maximum absolute atomic E-state index is 13.1. The Balaban J connectivity index is 1.58. The van der Waals surface area contributed by atoms with Crippen molar-refractivity contribution in [3.8, 4) is 0 Å². The van der Waals surface area contributed by atoms with Gasteiger partial charge in [-0.1, -0.05) is 19.1 Å². The summed E-state index contributed by atoms with van der Waals surface area (Å²) < 4.78 is 5.75. The topological polar surface area (TPSA) is 128 Å². The Morgan fingerprint density at radius 3 is 2.81 bits per heavy atom. The van der Waals surface area contributed by atoms with Crippen LogP contribution in [0.25, 0.3) is 5.70 Å². The number of benzene rings is 1. The van der Waals surface area contributed by atoms with Gasteiger partial charge in [-0.15, -0.1) is 0 Å². The van der Waals surface area contributed by atoms with Crippen molar-refractivity contribution >= 4 is 23.1 Å². The molecule has 0 radical (unpaired) electrons. The van der Waals surface area contributed by atoms with Gasteiger partial charge in [-0.2, -0.15) is 0 Å². The van der Waals surface area contributed by atoms with Gasteiger partial charge < -0.3 is 9.84 Å². The number of non-ortho nitro benzene ring substituents is 1. The Kier molecular flexibility index (Phi) is 4.00. The molecule has 5 rings (SSSR count). The highest BCUT2D eigenvalue weighted by atomic mass is 16.7. The summed E-state index contributed by atoms with van der Waals surface area (Å²) in [5.74, 6) is -1.67. The van der Waals surface area contributed by atoms with Crippen molar-refractivity contribution in [1.82, 2.24) is 5.48 Å². The van der Waals surface area contributed by atoms with E-state index < -0.39 is 39.5 Å². The number of carbonyl (C=O) groups is 2. The number of hydrogen-bond donors (Lipinski definition) is 2. The molecule has 0 amide bonds. The van der Waals surface area contributed by atoms with Gasteiger partial charge in [0.05, 0.1) is 16.0 Å². The van der Waals surface area contributed by atoms with E-state index >= 15 is 0 Å². The van der Waals surface area contributed by atoms with E-state index in [0.29, 0.717) is 24.1 Å². The number of hydrogen-bond acceptors (Lipinski definition) is 8. The van der Waals surface area contributed by atoms with Crippen molar-refractivity contribution in [2.45, 2.75) is 44.0 Å². The van der Waals surface area contributed by atoms with Crippen LogP contribution >= 0.6 is 0 Å². The molecular weight excluding hydrogens is 404 g/mol. The summed E-state index contributed by atoms with van der Waals surface area (Å²) in [6.07, 6.45) is 4.67. The summed E-state index contributed by atoms with van der Waals surface area (Å²) in [7, 11) is 0. The summed E-state index contributed by atoms with van der Waals surface area (Å²) in [6.45, 7) is 3.53. The maximum atomic E-state index is 13.1. The van der Waals surface area contributed by atoms with Crippen LogP contribution in [0, 0.1) is 27.4 Å². The van der Waals surface area contributed by atoms with Crippen LogP contribution in [0.15, 0.2) is 42.5 Å². The van der Waals surface area contributed by atoms with Gasteiger partial charge in [0.1, 0.15) is 11.7 Å². The summed E-state index contributed by atoms with van der Waals surface area (Å²) in [6, 6.07) is 5.99. The standard InChI is InChI=1S/C22H22N2O7/c1-12-6-7-15-18(20(2)17(25)8-9-22(12,20)27)30-19(26)21(15)11-16(23-31-21)13-4-3-5-14(10-13)24(28)29/h3-5,8-12,15,18,23,27H,6-7H2,1-2H3/t12-,15+,18+,20-,21?,22+/m0/s1. The molecule has 6 atom stereocenters. The number of hydroxylamine groups is 1. The number of nitro benzene ring substituents is 1. The molecule has 2 aliphatic carbocycles. The summed E-state index contributed by atoms with van der Waals surface area (Å²) in [4.78, 5) is 42.4. The first-order valence-electron chi connectivity index (χ1n) is 10.2. The predicted molar refractivity (Wildman–Crippen MR) is 107 cm³/mol. The average Bonchev–Trinajstić information content (AvgIpc) is 3.37. The SMILES string of the molecule is C[C@H]1CC[C@@H]2[C@@H](OC(=O)C23C=C(c2cccc([N+](=O)[O-])c2)NO3)[C@]2(C)C(=O)C=C[C@@]12O. The Morgan fingerprint density at radius 1 is 1.29 bits per heavy atom. The molecule has 1 aromatic carbocycles. The number of ether oxygens (including phenoxy) is 1. The zero-order chi connectivity index (χ0) is 22.2. The largest absolute Gasteiger partial charge is 0.458 e. The number of aliphatic hydroxyl groups is 1. The lowest BCUT2D eigenvalue weighted by atomic mass is 9.64. The van der Waals surface area contributed by atoms with Gasteiger partial charge in [0.25, 0.3) is 5.69 Å². The Morgan fingerprint density at radius 2 is 2.06 bits per heavy atom. The van der Waals surface area contributed by atoms with E-state index in [9.17, 15) is 24.8 Å². The van der Waals surface area contributed by atoms with Gasteiger partial charge in [0.2, 0.25) is 5.60 Å². The van der Waals surface area contributed by atoms with Crippen LogP contribution in [-0.2, 0) is 19.2 Å². The van der Waals surface area contributed by atoms with Crippen LogP contribution < -0.4 is 5.48 Å². The van der Waals surface area contributed by atoms with Crippen LogP contribution in [0.2, 0.25) is 0 Å². The van der Waals surface area contributed by atoms with Crippen molar-refractivity contribution in [2.24, 2.45) is 17.3 Å². The fourth-order valence-corrected chi connectivity index (χ4v) is 5.62. The summed E-state index contributed by atoms with van der Waals surface area (Å²) >= 11 is 0. The molecular formula is C22H22N2O7. The lowest BCUT2D eigenvalue weighted by Gasteiger charge is -2.43. The molecule has 0 aromatic heterocycles. The minimum Gasteiger partial charge on any atom is -0.458 e. The van der Waals surface area contributed by atoms with Gasteiger partial charge in [-0.3, -0.25) is 25.2 Å². The molecule has 2 aliphatic heterocycles. The Hall–Kier alpha value is -3.04. The van der Waals surface area contributed by atoms with Crippen LogP contribution in [0.4, 0.5) is 5.69 Å². The molecule has 2 fully saturated rings. The molecule has 2 heterocycles. The number of nitrogens with zero attached hydrogens (tertiary/aromatic N) is 1. The minimum absolute atomic E-state index is 0.0866. The van der Waals surface area contributed by atoms with Crippen molar-refractivity contribution < 1.29 is 29.2 Å². The van der Waals surface area contributed by atoms with Gasteiger partial charge in [-0.05, 0) is 43.9 Å². The predicted octanol–water partition coefficient (Wildman–Crippen LogP) is 2.06. The molecule has 1 unspecified atom stereocenters. The smallest absolute Gasteiger partial charge is 0.346 e. The fraction of sp³-hybridized carbons (Fsp3) is 0.455. The molecule has 0 bridgehead atoms. The molecule has 1 saturated carbocycles. The quantitative estimate of drug-likeness (QED) is 0.418. The highest BCUT2D eigenvalue weighted by molar-refractivity contribution is 6.01. The van der Waals surface area contributed by atoms with E-state index in [-0.39, 0.29) is 17.4 Å². The average molecular weight is 426 g/mol. The Labute approximate surface area is 177 Å². The third-order valence-corrected chi connectivity index (χ3v) is 7.59. The number of carbonyl (C=O) groups excluding carboxylic acids is 2. The second kappa shape index (κ2) is 6.24. The molecule has 9 heteroatoms. The first kappa shape index (κ1) is 19.9. The van der Waals surface area contributed by atoms with E-state index in [0.717, 1.165) is 0 Å². The van der Waals surface area contributed by atoms with Crippen LogP contribution in [0.3, 0.4) is 0 Å². The number of esters is 1. The van der Waals surface area contributed by atoms with Gasteiger partial charge in [0.15, 0.2) is 5.78 Å². The first-order valence-corrected chi connectivity index (χ1v) is 10.2. The van der Waals surface area contributed by atoms with Crippen LogP contribution in [0.1, 0.15) is 32.3 Å². The maximum Gasteiger partial charge on any atom is 0.346 e. The summed E-state index contributed by atoms with van der Waals surface area (Å²) in [5, 5.41) is 22.6. The Bertz CT molecular complexity index is 1080. The van der Waals surface area contributed by atoms with Crippen molar-refractivity contribution in [1.29, 1.82) is 0 Å². The molecule has 1 aromatic rings. The highest BCUT2D eigenvalue weighted by Gasteiger charge is 2.72. The number of fused-ring (bicyclic) bond motifs is 4. The van der Waals surface area contributed by atoms with Gasteiger partial charge in [-0.25, -0.2) is 4.79 Å². The number of allylic oxidation sites excluding steroid dienone is 1. The second-order valence-electron chi connectivity index (χ2n) is 9.00. The zero-order valence-electron chi connectivity index (χ0n) is 17.0. The first-order chi connectivity index (χ1) is 14.6. The summed E-state index contributed by atoms with van der Waals surface area (Å²) in [5.41, 5.74) is -0.677. The molecule has 1 saturated heterocycles. The van der Waals surface area contributed by atoms with Crippen molar-refractivity contribution in [3.05, 3.63) is 58.2 Å². The van der Waals surface area contributed by atoms with Crippen LogP contribution in [0.5, 0.6) is 0 Å². The van der Waals surface area contributed by atoms with E-state index in [1.165, 1.54) is 24.3 Å². The van der Waals surface area contributed by atoms with Crippen LogP contribution in [-0.4, -0.2) is 39.1 Å². The van der Waals surface area contributed by atoms with Crippen molar-refractivity contribution in [2.75, 3.05) is 0 Å². The minimum atomic E-state index is -1.48. The third-order valence-electron chi connectivity index (χ3n) is 7.59. The third kappa shape index (κ3) is 2.38. The highest BCUT2D eigenvalue weighted by Crippen LogP contribution is 2.59. The van der Waals surface area contributed by atoms with Gasteiger partial charge in [0, 0.05) is 23.6 Å². The molecule has 162 valence electrons. The second-order valence-corrected chi connectivity index (χ2v) is 9.00. The van der Waals surface area contributed by atoms with Crippen molar-refractivity contribution in [3.63, 3.8) is 0 Å². The molecule has 1 spiro atoms. The van der Waals surface area contributed by atoms with E-state index in [4.69, 9.17) is 9.57 Å².